The molecule has 0 spiro atoms. The molecule has 2 aromatic carbocycles. The Labute approximate surface area is 157 Å². The number of nitrogens with one attached hydrogen (secondary N) is 3. The van der Waals surface area contributed by atoms with Gasteiger partial charge < -0.3 is 15.1 Å². The molecule has 3 aromatic rings. The molecule has 3 N–H and O–H groups in total. The van der Waals surface area contributed by atoms with Crippen LogP contribution in [0.2, 0.25) is 0 Å². The maximum atomic E-state index is 12.4. The van der Waals surface area contributed by atoms with Crippen molar-refractivity contribution in [2.75, 3.05) is 17.2 Å². The van der Waals surface area contributed by atoms with E-state index in [4.69, 9.17) is 4.42 Å². The van der Waals surface area contributed by atoms with Gasteiger partial charge >= 0.3 is 11.7 Å². The molecule has 0 atom stereocenters. The third kappa shape index (κ3) is 4.47. The lowest BCUT2D eigenvalue weighted by Gasteiger charge is -2.14. The Morgan fingerprint density at radius 3 is 2.52 bits per heavy atom. The zero-order valence-corrected chi connectivity index (χ0v) is 15.5. The van der Waals surface area contributed by atoms with Crippen LogP contribution in [0.5, 0.6) is 0 Å². The topological polar surface area (TPSA) is 83.4 Å². The fourth-order valence-corrected chi connectivity index (χ4v) is 2.74. The number of amides is 2. The number of benzene rings is 2. The number of hydrogen-bond acceptors (Lipinski definition) is 4. The van der Waals surface area contributed by atoms with E-state index in [0.29, 0.717) is 24.4 Å². The molecule has 0 radical (unpaired) electrons. The molecular formula is C21H23N3O3. The summed E-state index contributed by atoms with van der Waals surface area (Å²) in [6, 6.07) is 14.7. The zero-order chi connectivity index (χ0) is 19.2. The second kappa shape index (κ2) is 8.40. The summed E-state index contributed by atoms with van der Waals surface area (Å²) in [7, 11) is 0. The second-order valence-electron chi connectivity index (χ2n) is 6.36. The summed E-state index contributed by atoms with van der Waals surface area (Å²) in [6.45, 7) is 5.08. The molecule has 1 aromatic heterocycles. The predicted octanol–water partition coefficient (Wildman–Crippen LogP) is 4.25. The van der Waals surface area contributed by atoms with Crippen molar-refractivity contribution in [3.05, 3.63) is 70.1 Å². The Morgan fingerprint density at radius 2 is 1.78 bits per heavy atom. The van der Waals surface area contributed by atoms with E-state index in [1.165, 1.54) is 0 Å². The molecular weight excluding hydrogens is 342 g/mol. The van der Waals surface area contributed by atoms with Crippen molar-refractivity contribution in [3.8, 4) is 0 Å². The lowest BCUT2D eigenvalue weighted by atomic mass is 10.1. The van der Waals surface area contributed by atoms with E-state index in [9.17, 15) is 9.59 Å². The van der Waals surface area contributed by atoms with Crippen molar-refractivity contribution in [1.29, 1.82) is 0 Å². The highest BCUT2D eigenvalue weighted by Gasteiger charge is 2.16. The minimum absolute atomic E-state index is 0.114. The highest BCUT2D eigenvalue weighted by molar-refractivity contribution is 6.01. The molecule has 6 nitrogen and oxygen atoms in total. The first-order valence-electron chi connectivity index (χ1n) is 8.98. The van der Waals surface area contributed by atoms with Gasteiger partial charge in [-0.05, 0) is 31.0 Å². The van der Waals surface area contributed by atoms with Crippen molar-refractivity contribution in [1.82, 2.24) is 5.32 Å². The Hall–Kier alpha value is -3.28. The van der Waals surface area contributed by atoms with Crippen molar-refractivity contribution in [2.45, 2.75) is 26.8 Å². The molecule has 27 heavy (non-hydrogen) atoms. The van der Waals surface area contributed by atoms with Crippen LogP contribution in [-0.4, -0.2) is 12.6 Å². The van der Waals surface area contributed by atoms with Crippen molar-refractivity contribution < 1.29 is 9.21 Å². The molecule has 0 fully saturated rings. The average molecular weight is 365 g/mol. The molecule has 0 bridgehead atoms. The number of carbonyl (C=O) groups is 1. The molecule has 0 aliphatic rings. The number of urea groups is 1. The van der Waals surface area contributed by atoms with Crippen LogP contribution in [0, 0.1) is 6.92 Å². The van der Waals surface area contributed by atoms with Gasteiger partial charge in [-0.25, -0.2) is 9.59 Å². The van der Waals surface area contributed by atoms with Crippen LogP contribution in [0.4, 0.5) is 16.2 Å². The van der Waals surface area contributed by atoms with Gasteiger partial charge in [-0.15, -0.1) is 0 Å². The number of carbonyl (C=O) groups excluding carboxylic acids is 1. The summed E-state index contributed by atoms with van der Waals surface area (Å²) >= 11 is 0. The number of hydrogen-bond donors (Lipinski definition) is 3. The lowest BCUT2D eigenvalue weighted by molar-refractivity contribution is 0.251. The SMILES string of the molecule is CCCNc1c(NC(=O)NCc2ccc(C)cc2)c(=O)oc2ccccc12. The van der Waals surface area contributed by atoms with Crippen molar-refractivity contribution in [2.24, 2.45) is 0 Å². The lowest BCUT2D eigenvalue weighted by Crippen LogP contribution is -2.30. The summed E-state index contributed by atoms with van der Waals surface area (Å²) in [6.07, 6.45) is 0.883. The van der Waals surface area contributed by atoms with Gasteiger partial charge in [0, 0.05) is 18.5 Å². The van der Waals surface area contributed by atoms with Crippen molar-refractivity contribution >= 4 is 28.4 Å². The van der Waals surface area contributed by atoms with Gasteiger partial charge in [0.25, 0.3) is 0 Å². The fourth-order valence-electron chi connectivity index (χ4n) is 2.74. The zero-order valence-electron chi connectivity index (χ0n) is 15.5. The van der Waals surface area contributed by atoms with Crippen LogP contribution in [0.25, 0.3) is 11.0 Å². The normalized spacial score (nSPS) is 10.6. The number of rotatable bonds is 6. The Bertz CT molecular complexity index is 994. The van der Waals surface area contributed by atoms with E-state index in [2.05, 4.69) is 16.0 Å². The quantitative estimate of drug-likeness (QED) is 0.570. The van der Waals surface area contributed by atoms with Gasteiger partial charge in [0.05, 0.1) is 5.69 Å². The van der Waals surface area contributed by atoms with Gasteiger partial charge in [-0.2, -0.15) is 0 Å². The van der Waals surface area contributed by atoms with E-state index < -0.39 is 11.7 Å². The van der Waals surface area contributed by atoms with E-state index in [1.54, 1.807) is 12.1 Å². The van der Waals surface area contributed by atoms with Gasteiger partial charge in [-0.1, -0.05) is 48.9 Å². The van der Waals surface area contributed by atoms with Crippen LogP contribution in [0.1, 0.15) is 24.5 Å². The fraction of sp³-hybridized carbons (Fsp3) is 0.238. The van der Waals surface area contributed by atoms with E-state index in [1.807, 2.05) is 50.2 Å². The summed E-state index contributed by atoms with van der Waals surface area (Å²) in [5, 5.41) is 9.39. The summed E-state index contributed by atoms with van der Waals surface area (Å²) in [5.74, 6) is 0. The summed E-state index contributed by atoms with van der Waals surface area (Å²) < 4.78 is 5.35. The maximum absolute atomic E-state index is 12.4. The highest BCUT2D eigenvalue weighted by atomic mass is 16.4. The van der Waals surface area contributed by atoms with E-state index >= 15 is 0 Å². The average Bonchev–Trinajstić information content (AvgIpc) is 2.67. The van der Waals surface area contributed by atoms with Crippen LogP contribution in [-0.2, 0) is 6.54 Å². The molecule has 1 heterocycles. The molecule has 140 valence electrons. The molecule has 0 unspecified atom stereocenters. The van der Waals surface area contributed by atoms with Gasteiger partial charge in [0.2, 0.25) is 0 Å². The monoisotopic (exact) mass is 365 g/mol. The smallest absolute Gasteiger partial charge is 0.362 e. The molecule has 0 aliphatic heterocycles. The van der Waals surface area contributed by atoms with Crippen LogP contribution >= 0.6 is 0 Å². The minimum Gasteiger partial charge on any atom is -0.421 e. The van der Waals surface area contributed by atoms with Gasteiger partial charge in [0.1, 0.15) is 5.58 Å². The Kier molecular flexibility index (Phi) is 5.76. The summed E-state index contributed by atoms with van der Waals surface area (Å²) in [4.78, 5) is 24.8. The standard InChI is InChI=1S/C21H23N3O3/c1-3-12-22-18-16-6-4-5-7-17(16)27-20(25)19(18)24-21(26)23-13-15-10-8-14(2)9-11-15/h4-11,22H,3,12-13H2,1-2H3,(H2,23,24,26). The van der Waals surface area contributed by atoms with E-state index in [0.717, 1.165) is 22.9 Å². The van der Waals surface area contributed by atoms with Crippen LogP contribution in [0.3, 0.4) is 0 Å². The second-order valence-corrected chi connectivity index (χ2v) is 6.36. The number of para-hydroxylation sites is 1. The van der Waals surface area contributed by atoms with Gasteiger partial charge in [0.15, 0.2) is 5.69 Å². The summed E-state index contributed by atoms with van der Waals surface area (Å²) in [5.41, 5.74) is 2.72. The number of aryl methyl sites for hydroxylation is 1. The minimum atomic E-state index is -0.585. The van der Waals surface area contributed by atoms with Crippen LogP contribution < -0.4 is 21.6 Å². The highest BCUT2D eigenvalue weighted by Crippen LogP contribution is 2.28. The first-order chi connectivity index (χ1) is 13.1. The molecule has 0 saturated carbocycles. The largest absolute Gasteiger partial charge is 0.421 e. The predicted molar refractivity (Wildman–Crippen MR) is 108 cm³/mol. The molecule has 0 aliphatic carbocycles. The molecule has 2 amide bonds. The Balaban J connectivity index is 1.82. The molecule has 3 rings (SSSR count). The third-order valence-electron chi connectivity index (χ3n) is 4.18. The molecule has 0 saturated heterocycles. The molecule has 6 heteroatoms. The number of anilines is 2. The first-order valence-corrected chi connectivity index (χ1v) is 8.98. The van der Waals surface area contributed by atoms with Crippen LogP contribution in [0.15, 0.2) is 57.7 Å². The van der Waals surface area contributed by atoms with Crippen molar-refractivity contribution in [3.63, 3.8) is 0 Å². The Morgan fingerprint density at radius 1 is 1.04 bits per heavy atom. The first kappa shape index (κ1) is 18.5. The van der Waals surface area contributed by atoms with E-state index in [-0.39, 0.29) is 5.69 Å². The third-order valence-corrected chi connectivity index (χ3v) is 4.18. The number of fused-ring (bicyclic) bond motifs is 1. The van der Waals surface area contributed by atoms with Gasteiger partial charge in [-0.3, -0.25) is 5.32 Å². The maximum Gasteiger partial charge on any atom is 0.362 e.